The lowest BCUT2D eigenvalue weighted by molar-refractivity contribution is 0.482. The molecule has 0 fully saturated rings. The minimum atomic E-state index is -3.74. The Kier molecular flexibility index (Phi) is 5.27. The summed E-state index contributed by atoms with van der Waals surface area (Å²) in [5.74, 6) is 1.86. The lowest BCUT2D eigenvalue weighted by Gasteiger charge is -2.10. The molecule has 3 aromatic carbocycles. The fourth-order valence-electron chi connectivity index (χ4n) is 3.33. The molecule has 5 rings (SSSR count). The number of fused-ring (bicyclic) bond motifs is 1. The summed E-state index contributed by atoms with van der Waals surface area (Å²) in [6.45, 7) is 1.92. The number of nitrogens with one attached hydrogen (secondary N) is 1. The zero-order chi connectivity index (χ0) is 22.8. The van der Waals surface area contributed by atoms with Gasteiger partial charge in [0.2, 0.25) is 5.78 Å². The van der Waals surface area contributed by atoms with Gasteiger partial charge >= 0.3 is 0 Å². The molecule has 8 heteroatoms. The van der Waals surface area contributed by atoms with Gasteiger partial charge in [0.05, 0.1) is 10.6 Å². The SMILES string of the molecule is Cc1ccn2cc(-c3ccc(NS(=O)(=O)c4ccc(Oc5ccccc5)cc4)cc3)nc2n1. The van der Waals surface area contributed by atoms with Crippen LogP contribution in [0.4, 0.5) is 5.69 Å². The highest BCUT2D eigenvalue weighted by atomic mass is 32.2. The number of aromatic nitrogens is 3. The van der Waals surface area contributed by atoms with Crippen molar-refractivity contribution < 1.29 is 13.2 Å². The Morgan fingerprint density at radius 2 is 1.52 bits per heavy atom. The Morgan fingerprint density at radius 3 is 2.24 bits per heavy atom. The van der Waals surface area contributed by atoms with Gasteiger partial charge in [-0.2, -0.15) is 0 Å². The molecule has 0 unspecified atom stereocenters. The molecule has 2 heterocycles. The first kappa shape index (κ1) is 20.7. The summed E-state index contributed by atoms with van der Waals surface area (Å²) in [6, 6.07) is 24.6. The first-order valence-corrected chi connectivity index (χ1v) is 11.7. The number of hydrogen-bond acceptors (Lipinski definition) is 5. The van der Waals surface area contributed by atoms with Crippen LogP contribution in [-0.2, 0) is 10.0 Å². The molecular formula is C25H20N4O3S. The summed E-state index contributed by atoms with van der Waals surface area (Å²) < 4.78 is 35.8. The van der Waals surface area contributed by atoms with Crippen molar-refractivity contribution in [1.82, 2.24) is 14.4 Å². The van der Waals surface area contributed by atoms with E-state index in [9.17, 15) is 8.42 Å². The minimum absolute atomic E-state index is 0.147. The summed E-state index contributed by atoms with van der Waals surface area (Å²) in [4.78, 5) is 9.08. The van der Waals surface area contributed by atoms with Crippen molar-refractivity contribution in [2.24, 2.45) is 0 Å². The number of sulfonamides is 1. The van der Waals surface area contributed by atoms with Gasteiger partial charge in [-0.1, -0.05) is 30.3 Å². The molecular weight excluding hydrogens is 436 g/mol. The maximum atomic E-state index is 12.8. The number of anilines is 1. The molecule has 0 spiro atoms. The van der Waals surface area contributed by atoms with Crippen LogP contribution < -0.4 is 9.46 Å². The average Bonchev–Trinajstić information content (AvgIpc) is 3.23. The third-order valence-corrected chi connectivity index (χ3v) is 6.41. The van der Waals surface area contributed by atoms with Crippen LogP contribution in [0.2, 0.25) is 0 Å². The normalized spacial score (nSPS) is 11.4. The Balaban J connectivity index is 1.30. The van der Waals surface area contributed by atoms with Gasteiger partial charge in [-0.25, -0.2) is 18.4 Å². The van der Waals surface area contributed by atoms with Crippen molar-refractivity contribution in [3.63, 3.8) is 0 Å². The molecule has 0 radical (unpaired) electrons. The van der Waals surface area contributed by atoms with E-state index in [2.05, 4.69) is 14.7 Å². The van der Waals surface area contributed by atoms with Crippen LogP contribution in [0.1, 0.15) is 5.69 Å². The number of hydrogen-bond donors (Lipinski definition) is 1. The van der Waals surface area contributed by atoms with Gasteiger partial charge in [0.1, 0.15) is 11.5 Å². The average molecular weight is 457 g/mol. The van der Waals surface area contributed by atoms with E-state index in [0.717, 1.165) is 17.0 Å². The van der Waals surface area contributed by atoms with E-state index in [-0.39, 0.29) is 4.90 Å². The summed E-state index contributed by atoms with van der Waals surface area (Å²) in [5.41, 5.74) is 2.98. The highest BCUT2D eigenvalue weighted by Crippen LogP contribution is 2.25. The summed E-state index contributed by atoms with van der Waals surface area (Å²) in [7, 11) is -3.74. The third-order valence-electron chi connectivity index (χ3n) is 5.01. The summed E-state index contributed by atoms with van der Waals surface area (Å²) >= 11 is 0. The molecule has 2 aromatic heterocycles. The molecule has 0 saturated carbocycles. The summed E-state index contributed by atoms with van der Waals surface area (Å²) in [6.07, 6.45) is 3.80. The Hall–Kier alpha value is -4.17. The molecule has 5 aromatic rings. The van der Waals surface area contributed by atoms with Crippen LogP contribution in [0.5, 0.6) is 11.5 Å². The molecule has 0 amide bonds. The highest BCUT2D eigenvalue weighted by molar-refractivity contribution is 7.92. The van der Waals surface area contributed by atoms with Crippen molar-refractivity contribution in [1.29, 1.82) is 0 Å². The second-order valence-electron chi connectivity index (χ2n) is 7.47. The van der Waals surface area contributed by atoms with Crippen molar-refractivity contribution in [2.45, 2.75) is 11.8 Å². The van der Waals surface area contributed by atoms with Crippen molar-refractivity contribution in [3.05, 3.63) is 103 Å². The minimum Gasteiger partial charge on any atom is -0.457 e. The Bertz CT molecular complexity index is 1510. The second kappa shape index (κ2) is 8.40. The number of nitrogens with zero attached hydrogens (tertiary/aromatic N) is 3. The van der Waals surface area contributed by atoms with Crippen LogP contribution in [0.15, 0.2) is 102 Å². The van der Waals surface area contributed by atoms with Gasteiger partial charge in [-0.3, -0.25) is 9.12 Å². The van der Waals surface area contributed by atoms with E-state index in [0.29, 0.717) is 23.0 Å². The number of rotatable bonds is 6. The van der Waals surface area contributed by atoms with Crippen LogP contribution >= 0.6 is 0 Å². The first-order valence-electron chi connectivity index (χ1n) is 10.2. The molecule has 33 heavy (non-hydrogen) atoms. The highest BCUT2D eigenvalue weighted by Gasteiger charge is 2.15. The van der Waals surface area contributed by atoms with Crippen molar-refractivity contribution >= 4 is 21.5 Å². The lowest BCUT2D eigenvalue weighted by Crippen LogP contribution is -2.12. The zero-order valence-electron chi connectivity index (χ0n) is 17.7. The van der Waals surface area contributed by atoms with Gasteiger partial charge in [0, 0.05) is 29.3 Å². The fraction of sp³-hybridized carbons (Fsp3) is 0.0400. The molecule has 0 bridgehead atoms. The van der Waals surface area contributed by atoms with E-state index in [1.165, 1.54) is 12.1 Å². The molecule has 0 saturated heterocycles. The van der Waals surface area contributed by atoms with Crippen molar-refractivity contribution in [2.75, 3.05) is 4.72 Å². The van der Waals surface area contributed by atoms with Crippen molar-refractivity contribution in [3.8, 4) is 22.8 Å². The maximum absolute atomic E-state index is 12.8. The number of aryl methyl sites for hydroxylation is 1. The molecule has 7 nitrogen and oxygen atoms in total. The van der Waals surface area contributed by atoms with E-state index >= 15 is 0 Å². The second-order valence-corrected chi connectivity index (χ2v) is 9.15. The Labute approximate surface area is 191 Å². The summed E-state index contributed by atoms with van der Waals surface area (Å²) in [5, 5.41) is 0. The van der Waals surface area contributed by atoms with E-state index in [1.807, 2.05) is 72.2 Å². The van der Waals surface area contributed by atoms with Crippen LogP contribution in [-0.4, -0.2) is 22.8 Å². The maximum Gasteiger partial charge on any atom is 0.261 e. The standard InChI is InChI=1S/C25H20N4O3S/c1-18-15-16-29-17-24(27-25(29)26-18)19-7-9-20(10-8-19)28-33(30,31)23-13-11-22(12-14-23)32-21-5-3-2-4-6-21/h2-17,28H,1H3. The molecule has 0 aliphatic heterocycles. The lowest BCUT2D eigenvalue weighted by atomic mass is 10.1. The smallest absolute Gasteiger partial charge is 0.261 e. The number of ether oxygens (including phenoxy) is 1. The largest absolute Gasteiger partial charge is 0.457 e. The number of para-hydroxylation sites is 1. The van der Waals surface area contributed by atoms with Gasteiger partial charge < -0.3 is 4.74 Å². The van der Waals surface area contributed by atoms with Gasteiger partial charge in [0.25, 0.3) is 10.0 Å². The zero-order valence-corrected chi connectivity index (χ0v) is 18.5. The molecule has 0 aliphatic carbocycles. The molecule has 0 atom stereocenters. The van der Waals surface area contributed by atoms with E-state index in [4.69, 9.17) is 4.74 Å². The van der Waals surface area contributed by atoms with Crippen LogP contribution in [0.25, 0.3) is 17.0 Å². The topological polar surface area (TPSA) is 85.6 Å². The fourth-order valence-corrected chi connectivity index (χ4v) is 4.39. The van der Waals surface area contributed by atoms with E-state index < -0.39 is 10.0 Å². The molecule has 0 aliphatic rings. The van der Waals surface area contributed by atoms with Gasteiger partial charge in [0.15, 0.2) is 0 Å². The van der Waals surface area contributed by atoms with Gasteiger partial charge in [-0.15, -0.1) is 0 Å². The Morgan fingerprint density at radius 1 is 0.818 bits per heavy atom. The third kappa shape index (κ3) is 4.56. The van der Waals surface area contributed by atoms with Crippen LogP contribution in [0, 0.1) is 6.92 Å². The first-order chi connectivity index (χ1) is 16.0. The molecule has 1 N–H and O–H groups in total. The van der Waals surface area contributed by atoms with Gasteiger partial charge in [-0.05, 0) is 61.5 Å². The number of benzene rings is 3. The predicted molar refractivity (Wildman–Crippen MR) is 127 cm³/mol. The monoisotopic (exact) mass is 456 g/mol. The van der Waals surface area contributed by atoms with Crippen LogP contribution in [0.3, 0.4) is 0 Å². The predicted octanol–water partition coefficient (Wildman–Crippen LogP) is 5.30. The quantitative estimate of drug-likeness (QED) is 0.375. The van der Waals surface area contributed by atoms with E-state index in [1.54, 1.807) is 24.3 Å². The number of imidazole rings is 1. The molecule has 164 valence electrons.